The number of nitrogens with one attached hydrogen (secondary N) is 2. The Morgan fingerprint density at radius 2 is 2.06 bits per heavy atom. The Morgan fingerprint density at radius 3 is 2.77 bits per heavy atom. The van der Waals surface area contributed by atoms with E-state index >= 15 is 0 Å². The van der Waals surface area contributed by atoms with Crippen molar-refractivity contribution in [3.8, 4) is 0 Å². The molecule has 9 nitrogen and oxygen atoms in total. The molecule has 2 N–H and O–H groups in total. The van der Waals surface area contributed by atoms with Crippen molar-refractivity contribution in [3.63, 3.8) is 0 Å². The molecule has 1 fully saturated rings. The summed E-state index contributed by atoms with van der Waals surface area (Å²) in [5.41, 5.74) is 0.525. The molecule has 0 spiro atoms. The molecule has 4 heterocycles. The molecule has 1 saturated heterocycles. The Morgan fingerprint density at radius 1 is 1.26 bits per heavy atom. The van der Waals surface area contributed by atoms with E-state index in [4.69, 9.17) is 0 Å². The first-order valence-corrected chi connectivity index (χ1v) is 9.64. The third-order valence-electron chi connectivity index (χ3n) is 5.10. The third kappa shape index (κ3) is 4.79. The number of fused-ring (bicyclic) bond motifs is 1. The highest BCUT2D eigenvalue weighted by molar-refractivity contribution is 5.97. The normalized spacial score (nSPS) is 15.8. The quantitative estimate of drug-likeness (QED) is 0.602. The predicted molar refractivity (Wildman–Crippen MR) is 122 cm³/mol. The molecule has 1 atom stereocenters. The molecule has 3 aromatic rings. The van der Waals surface area contributed by atoms with Crippen LogP contribution in [0.5, 0.6) is 0 Å². The molecule has 11 heteroatoms. The third-order valence-corrected chi connectivity index (χ3v) is 5.10. The van der Waals surface area contributed by atoms with E-state index in [-0.39, 0.29) is 42.1 Å². The van der Waals surface area contributed by atoms with Gasteiger partial charge in [0.15, 0.2) is 0 Å². The van der Waals surface area contributed by atoms with E-state index in [9.17, 15) is 14.4 Å². The van der Waals surface area contributed by atoms with Crippen molar-refractivity contribution in [1.29, 1.82) is 0 Å². The van der Waals surface area contributed by atoms with Gasteiger partial charge in [0.2, 0.25) is 0 Å². The molecule has 0 aliphatic carbocycles. The van der Waals surface area contributed by atoms with Gasteiger partial charge in [0.05, 0.1) is 17.0 Å². The van der Waals surface area contributed by atoms with Crippen LogP contribution in [0, 0.1) is 0 Å². The molecule has 31 heavy (non-hydrogen) atoms. The standard InChI is InChI=1S/C20H22N6O3.2ClH/c1-2-7-26-17-15(18(27)24-20(26)29)9-14(11-23-17)19(28)25-8-6-22-12-16(25)13-4-3-5-21-10-13;;/h3-5,9-11,16,22H,2,6-8,12H2,1H3,(H,24,27,29);2*1H. The first-order chi connectivity index (χ1) is 14.1. The summed E-state index contributed by atoms with van der Waals surface area (Å²) in [4.78, 5) is 50.3. The molecule has 1 amide bonds. The summed E-state index contributed by atoms with van der Waals surface area (Å²) in [5.74, 6) is -0.206. The fourth-order valence-corrected chi connectivity index (χ4v) is 3.70. The molecule has 166 valence electrons. The largest absolute Gasteiger partial charge is 0.329 e. The summed E-state index contributed by atoms with van der Waals surface area (Å²) in [7, 11) is 0. The van der Waals surface area contributed by atoms with Gasteiger partial charge in [-0.3, -0.25) is 24.1 Å². The van der Waals surface area contributed by atoms with Gasteiger partial charge < -0.3 is 10.2 Å². The zero-order chi connectivity index (χ0) is 20.4. The summed E-state index contributed by atoms with van der Waals surface area (Å²) in [6.07, 6.45) is 5.61. The molecule has 1 aliphatic heterocycles. The Labute approximate surface area is 190 Å². The molecular weight excluding hydrogens is 443 g/mol. The fraction of sp³-hybridized carbons (Fsp3) is 0.350. The molecule has 0 bridgehead atoms. The number of halogens is 2. The number of hydrogen-bond donors (Lipinski definition) is 2. The lowest BCUT2D eigenvalue weighted by Gasteiger charge is -2.36. The maximum Gasteiger partial charge on any atom is 0.329 e. The summed E-state index contributed by atoms with van der Waals surface area (Å²) < 4.78 is 1.42. The summed E-state index contributed by atoms with van der Waals surface area (Å²) in [6, 6.07) is 5.15. The summed E-state index contributed by atoms with van der Waals surface area (Å²) >= 11 is 0. The predicted octanol–water partition coefficient (Wildman–Crippen LogP) is 1.52. The molecule has 4 rings (SSSR count). The maximum atomic E-state index is 13.3. The van der Waals surface area contributed by atoms with E-state index in [1.165, 1.54) is 16.8 Å². The molecule has 1 unspecified atom stereocenters. The van der Waals surface area contributed by atoms with Crippen LogP contribution in [0.25, 0.3) is 11.0 Å². The molecule has 0 saturated carbocycles. The van der Waals surface area contributed by atoms with E-state index in [2.05, 4.69) is 20.3 Å². The number of aromatic nitrogens is 4. The highest BCUT2D eigenvalue weighted by Crippen LogP contribution is 2.24. The van der Waals surface area contributed by atoms with Gasteiger partial charge in [-0.25, -0.2) is 9.78 Å². The second kappa shape index (κ2) is 10.5. The van der Waals surface area contributed by atoms with Crippen LogP contribution in [0.15, 0.2) is 46.4 Å². The first-order valence-electron chi connectivity index (χ1n) is 9.64. The van der Waals surface area contributed by atoms with Crippen LogP contribution < -0.4 is 16.6 Å². The molecule has 1 aliphatic rings. The molecular formula is C20H24Cl2N6O3. The second-order valence-electron chi connectivity index (χ2n) is 7.01. The highest BCUT2D eigenvalue weighted by atomic mass is 35.5. The van der Waals surface area contributed by atoms with Crippen LogP contribution in [0.3, 0.4) is 0 Å². The van der Waals surface area contributed by atoms with Crippen molar-refractivity contribution in [2.45, 2.75) is 25.9 Å². The fourth-order valence-electron chi connectivity index (χ4n) is 3.70. The van der Waals surface area contributed by atoms with Crippen LogP contribution in [0.1, 0.15) is 35.3 Å². The lowest BCUT2D eigenvalue weighted by Crippen LogP contribution is -2.48. The first kappa shape index (κ1) is 24.5. The second-order valence-corrected chi connectivity index (χ2v) is 7.01. The number of carbonyl (C=O) groups excluding carboxylic acids is 1. The van der Waals surface area contributed by atoms with Gasteiger partial charge in [0.1, 0.15) is 5.65 Å². The molecule has 0 radical (unpaired) electrons. The smallest absolute Gasteiger partial charge is 0.329 e. The minimum atomic E-state index is -0.538. The van der Waals surface area contributed by atoms with Crippen LogP contribution in [0.2, 0.25) is 0 Å². The number of carbonyl (C=O) groups is 1. The van der Waals surface area contributed by atoms with E-state index < -0.39 is 11.2 Å². The molecule has 3 aromatic heterocycles. The zero-order valence-electron chi connectivity index (χ0n) is 16.9. The lowest BCUT2D eigenvalue weighted by atomic mass is 10.0. The number of nitrogens with zero attached hydrogens (tertiary/aromatic N) is 4. The van der Waals surface area contributed by atoms with E-state index in [1.807, 2.05) is 19.1 Å². The van der Waals surface area contributed by atoms with Gasteiger partial charge in [-0.2, -0.15) is 0 Å². The van der Waals surface area contributed by atoms with Crippen molar-refractivity contribution in [1.82, 2.24) is 29.7 Å². The van der Waals surface area contributed by atoms with E-state index in [0.717, 1.165) is 12.0 Å². The van der Waals surface area contributed by atoms with Gasteiger partial charge in [-0.05, 0) is 24.1 Å². The Balaban J connectivity index is 0.00000171. The van der Waals surface area contributed by atoms with Gasteiger partial charge in [0, 0.05) is 44.8 Å². The topological polar surface area (TPSA) is 113 Å². The van der Waals surface area contributed by atoms with E-state index in [0.29, 0.717) is 37.4 Å². The maximum absolute atomic E-state index is 13.3. The van der Waals surface area contributed by atoms with Crippen molar-refractivity contribution >= 4 is 41.8 Å². The highest BCUT2D eigenvalue weighted by Gasteiger charge is 2.29. The summed E-state index contributed by atoms with van der Waals surface area (Å²) in [5, 5.41) is 3.54. The van der Waals surface area contributed by atoms with Crippen molar-refractivity contribution in [2.24, 2.45) is 0 Å². The van der Waals surface area contributed by atoms with Crippen LogP contribution in [-0.4, -0.2) is 50.0 Å². The van der Waals surface area contributed by atoms with Crippen LogP contribution in [-0.2, 0) is 6.54 Å². The van der Waals surface area contributed by atoms with Gasteiger partial charge in [0.25, 0.3) is 11.5 Å². The number of hydrogen-bond acceptors (Lipinski definition) is 6. The number of aryl methyl sites for hydroxylation is 1. The average molecular weight is 467 g/mol. The number of H-pyrrole nitrogens is 1. The zero-order valence-corrected chi connectivity index (χ0v) is 18.5. The van der Waals surface area contributed by atoms with Crippen molar-refractivity contribution < 1.29 is 4.79 Å². The average Bonchev–Trinajstić information content (AvgIpc) is 2.76. The van der Waals surface area contributed by atoms with Crippen LogP contribution in [0.4, 0.5) is 0 Å². The monoisotopic (exact) mass is 466 g/mol. The number of amides is 1. The van der Waals surface area contributed by atoms with Gasteiger partial charge >= 0.3 is 5.69 Å². The summed E-state index contributed by atoms with van der Waals surface area (Å²) in [6.45, 7) is 4.20. The number of pyridine rings is 2. The van der Waals surface area contributed by atoms with E-state index in [1.54, 1.807) is 17.3 Å². The van der Waals surface area contributed by atoms with Crippen molar-refractivity contribution in [3.05, 3.63) is 68.8 Å². The Kier molecular flexibility index (Phi) is 8.32. The Bertz CT molecular complexity index is 1170. The van der Waals surface area contributed by atoms with Gasteiger partial charge in [-0.1, -0.05) is 13.0 Å². The SMILES string of the molecule is CCCn1c(=O)[nH]c(=O)c2cc(C(=O)N3CCNCC3c3cccnc3)cnc21.Cl.Cl. The number of piperazine rings is 1. The number of aromatic amines is 1. The number of rotatable bonds is 4. The Hall–Kier alpha value is -2.75. The van der Waals surface area contributed by atoms with Gasteiger partial charge in [-0.15, -0.1) is 24.8 Å². The van der Waals surface area contributed by atoms with Crippen molar-refractivity contribution in [2.75, 3.05) is 19.6 Å². The van der Waals surface area contributed by atoms with Crippen LogP contribution >= 0.6 is 24.8 Å². The minimum Gasteiger partial charge on any atom is -0.329 e. The minimum absolute atomic E-state index is 0. The lowest BCUT2D eigenvalue weighted by molar-refractivity contribution is 0.0633. The molecule has 0 aromatic carbocycles.